The zero-order valence-corrected chi connectivity index (χ0v) is 8.65. The van der Waals surface area contributed by atoms with E-state index >= 15 is 0 Å². The predicted octanol–water partition coefficient (Wildman–Crippen LogP) is 0.834. The van der Waals surface area contributed by atoms with Crippen LogP contribution in [-0.4, -0.2) is 5.97 Å². The molecule has 5 heteroatoms. The largest absolute Gasteiger partial charge is 0.398 e. The van der Waals surface area contributed by atoms with Gasteiger partial charge in [0.1, 0.15) is 0 Å². The van der Waals surface area contributed by atoms with Crippen LogP contribution in [0.2, 0.25) is 0 Å². The number of benzene rings is 1. The summed E-state index contributed by atoms with van der Waals surface area (Å²) in [6.45, 7) is 1.76. The summed E-state index contributed by atoms with van der Waals surface area (Å²) in [6.07, 6.45) is 0. The van der Waals surface area contributed by atoms with Crippen LogP contribution >= 0.6 is 0 Å². The summed E-state index contributed by atoms with van der Waals surface area (Å²) >= 11 is 0. The SMILES string of the molecule is CC(=O)ONCc1ccccc1N.[Cu]. The quantitative estimate of drug-likeness (QED) is 0.469. The monoisotopic (exact) mass is 243 g/mol. The van der Waals surface area contributed by atoms with E-state index in [4.69, 9.17) is 5.73 Å². The number of anilines is 1. The summed E-state index contributed by atoms with van der Waals surface area (Å²) in [6, 6.07) is 7.39. The van der Waals surface area contributed by atoms with Crippen molar-refractivity contribution in [2.45, 2.75) is 13.5 Å². The fourth-order valence-corrected chi connectivity index (χ4v) is 0.911. The van der Waals surface area contributed by atoms with Gasteiger partial charge >= 0.3 is 5.97 Å². The zero-order chi connectivity index (χ0) is 9.68. The molecule has 0 saturated heterocycles. The van der Waals surface area contributed by atoms with E-state index in [9.17, 15) is 4.79 Å². The first-order chi connectivity index (χ1) is 6.20. The van der Waals surface area contributed by atoms with Gasteiger partial charge < -0.3 is 10.6 Å². The molecule has 0 aliphatic rings. The second-order valence-corrected chi connectivity index (χ2v) is 2.61. The van der Waals surface area contributed by atoms with Crippen molar-refractivity contribution in [3.05, 3.63) is 29.8 Å². The van der Waals surface area contributed by atoms with Crippen molar-refractivity contribution >= 4 is 11.7 Å². The minimum absolute atomic E-state index is 0. The maximum atomic E-state index is 10.4. The first-order valence-electron chi connectivity index (χ1n) is 3.94. The van der Waals surface area contributed by atoms with Gasteiger partial charge in [-0.2, -0.15) is 0 Å². The Kier molecular flexibility index (Phi) is 5.95. The second-order valence-electron chi connectivity index (χ2n) is 2.61. The van der Waals surface area contributed by atoms with E-state index in [0.29, 0.717) is 12.2 Å². The number of nitrogens with two attached hydrogens (primary N) is 1. The molecule has 0 aromatic heterocycles. The van der Waals surface area contributed by atoms with E-state index in [1.54, 1.807) is 6.07 Å². The Balaban J connectivity index is 0.00000169. The van der Waals surface area contributed by atoms with E-state index in [1.807, 2.05) is 18.2 Å². The van der Waals surface area contributed by atoms with Crippen molar-refractivity contribution in [2.24, 2.45) is 0 Å². The Labute approximate surface area is 93.2 Å². The minimum Gasteiger partial charge on any atom is -0.398 e. The molecule has 0 bridgehead atoms. The van der Waals surface area contributed by atoms with Gasteiger partial charge in [0.25, 0.3) is 0 Å². The summed E-state index contributed by atoms with van der Waals surface area (Å²) in [5, 5.41) is 0. The predicted molar refractivity (Wildman–Crippen MR) is 49.5 cm³/mol. The van der Waals surface area contributed by atoms with Gasteiger partial charge in [0.2, 0.25) is 0 Å². The van der Waals surface area contributed by atoms with Crippen LogP contribution in [0.3, 0.4) is 0 Å². The number of para-hydroxylation sites is 1. The molecule has 0 fully saturated rings. The van der Waals surface area contributed by atoms with Crippen LogP contribution in [0.4, 0.5) is 5.69 Å². The maximum Gasteiger partial charge on any atom is 0.321 e. The fraction of sp³-hybridized carbons (Fsp3) is 0.222. The number of nitrogen functional groups attached to an aromatic ring is 1. The molecule has 1 aromatic carbocycles. The molecule has 81 valence electrons. The number of carbonyl (C=O) groups is 1. The standard InChI is InChI=1S/C9H12N2O2.Cu/c1-7(12)13-11-6-8-4-2-3-5-9(8)10;/h2-5,11H,6,10H2,1H3;. The Morgan fingerprint density at radius 1 is 1.50 bits per heavy atom. The Morgan fingerprint density at radius 2 is 2.14 bits per heavy atom. The molecule has 14 heavy (non-hydrogen) atoms. The van der Waals surface area contributed by atoms with E-state index in [2.05, 4.69) is 10.3 Å². The average Bonchev–Trinajstić information content (AvgIpc) is 2.08. The summed E-state index contributed by atoms with van der Waals surface area (Å²) in [4.78, 5) is 15.0. The van der Waals surface area contributed by atoms with Gasteiger partial charge in [0.05, 0.1) is 6.54 Å². The van der Waals surface area contributed by atoms with Crippen LogP contribution in [-0.2, 0) is 33.2 Å². The molecule has 1 aromatic rings. The molecule has 1 rings (SSSR count). The van der Waals surface area contributed by atoms with Gasteiger partial charge in [-0.3, -0.25) is 4.79 Å². The molecule has 0 atom stereocenters. The molecule has 0 aliphatic heterocycles. The van der Waals surface area contributed by atoms with Crippen molar-refractivity contribution in [1.29, 1.82) is 0 Å². The number of carbonyl (C=O) groups excluding carboxylic acids is 1. The summed E-state index contributed by atoms with van der Waals surface area (Å²) in [7, 11) is 0. The molecular formula is C9H12CuN2O2. The third-order valence-electron chi connectivity index (χ3n) is 1.53. The fourth-order valence-electron chi connectivity index (χ4n) is 0.911. The molecule has 0 aliphatic carbocycles. The van der Waals surface area contributed by atoms with Crippen molar-refractivity contribution in [2.75, 3.05) is 5.73 Å². The van der Waals surface area contributed by atoms with E-state index in [1.165, 1.54) is 6.92 Å². The van der Waals surface area contributed by atoms with Crippen LogP contribution in [0.5, 0.6) is 0 Å². The first kappa shape index (κ1) is 13.0. The van der Waals surface area contributed by atoms with Gasteiger partial charge in [0, 0.05) is 29.7 Å². The number of hydrogen-bond acceptors (Lipinski definition) is 4. The number of hydroxylamine groups is 1. The smallest absolute Gasteiger partial charge is 0.321 e. The zero-order valence-electron chi connectivity index (χ0n) is 7.71. The number of hydrogen-bond donors (Lipinski definition) is 2. The van der Waals surface area contributed by atoms with Crippen LogP contribution < -0.4 is 11.2 Å². The first-order valence-corrected chi connectivity index (χ1v) is 3.94. The Morgan fingerprint density at radius 3 is 2.71 bits per heavy atom. The van der Waals surface area contributed by atoms with Gasteiger partial charge in [-0.05, 0) is 11.6 Å². The topological polar surface area (TPSA) is 64.3 Å². The average molecular weight is 244 g/mol. The van der Waals surface area contributed by atoms with E-state index in [-0.39, 0.29) is 23.0 Å². The molecule has 0 unspecified atom stereocenters. The molecule has 4 nitrogen and oxygen atoms in total. The van der Waals surface area contributed by atoms with E-state index < -0.39 is 0 Å². The summed E-state index contributed by atoms with van der Waals surface area (Å²) in [5.74, 6) is -0.366. The summed E-state index contributed by atoms with van der Waals surface area (Å²) < 4.78 is 0. The molecule has 0 saturated carbocycles. The third-order valence-corrected chi connectivity index (χ3v) is 1.53. The third kappa shape index (κ3) is 4.28. The second kappa shape index (κ2) is 6.43. The molecular weight excluding hydrogens is 232 g/mol. The van der Waals surface area contributed by atoms with Gasteiger partial charge in [-0.15, -0.1) is 5.48 Å². The number of rotatable bonds is 3. The molecule has 3 N–H and O–H groups in total. The number of nitrogens with one attached hydrogen (secondary N) is 1. The molecule has 0 amide bonds. The van der Waals surface area contributed by atoms with E-state index in [0.717, 1.165) is 5.56 Å². The minimum atomic E-state index is -0.366. The van der Waals surface area contributed by atoms with Gasteiger partial charge in [0.15, 0.2) is 0 Å². The van der Waals surface area contributed by atoms with Crippen LogP contribution in [0, 0.1) is 0 Å². The van der Waals surface area contributed by atoms with Gasteiger partial charge in [-0.25, -0.2) is 0 Å². The maximum absolute atomic E-state index is 10.4. The normalized spacial score (nSPS) is 8.93. The van der Waals surface area contributed by atoms with Crippen molar-refractivity contribution in [1.82, 2.24) is 5.48 Å². The van der Waals surface area contributed by atoms with Crippen LogP contribution in [0.15, 0.2) is 24.3 Å². The van der Waals surface area contributed by atoms with Crippen molar-refractivity contribution < 1.29 is 26.7 Å². The van der Waals surface area contributed by atoms with Crippen molar-refractivity contribution in [3.8, 4) is 0 Å². The Bertz CT molecular complexity index is 305. The molecule has 0 spiro atoms. The van der Waals surface area contributed by atoms with Crippen molar-refractivity contribution in [3.63, 3.8) is 0 Å². The summed E-state index contributed by atoms with van der Waals surface area (Å²) in [5.41, 5.74) is 9.76. The molecule has 0 heterocycles. The van der Waals surface area contributed by atoms with Crippen LogP contribution in [0.1, 0.15) is 12.5 Å². The Hall–Kier alpha value is -1.03. The van der Waals surface area contributed by atoms with Crippen LogP contribution in [0.25, 0.3) is 0 Å². The van der Waals surface area contributed by atoms with Gasteiger partial charge in [-0.1, -0.05) is 18.2 Å². The molecule has 1 radical (unpaired) electrons.